The van der Waals surface area contributed by atoms with Gasteiger partial charge in [0.05, 0.1) is 25.4 Å². The maximum absolute atomic E-state index is 12.5. The highest BCUT2D eigenvalue weighted by molar-refractivity contribution is 5.76. The van der Waals surface area contributed by atoms with Crippen LogP contribution in [0.15, 0.2) is 24.3 Å². The van der Waals surface area contributed by atoms with E-state index in [-0.39, 0.29) is 18.5 Å². The van der Waals surface area contributed by atoms with Gasteiger partial charge in [-0.15, -0.1) is 0 Å². The second-order valence-electron chi connectivity index (χ2n) is 24.2. The van der Waals surface area contributed by atoms with E-state index < -0.39 is 12.1 Å². The van der Waals surface area contributed by atoms with Gasteiger partial charge >= 0.3 is 5.97 Å². The predicted octanol–water partition coefficient (Wildman–Crippen LogP) is 22.5. The van der Waals surface area contributed by atoms with Crippen LogP contribution < -0.4 is 5.32 Å². The Labute approximate surface area is 481 Å². The molecular weight excluding hydrogens is 947 g/mol. The van der Waals surface area contributed by atoms with Crippen LogP contribution in [0.25, 0.3) is 0 Å². The Balaban J connectivity index is 3.41. The van der Waals surface area contributed by atoms with Gasteiger partial charge in [-0.1, -0.05) is 346 Å². The summed E-state index contributed by atoms with van der Waals surface area (Å²) in [6, 6.07) is -0.544. The van der Waals surface area contributed by atoms with Crippen LogP contribution in [0.3, 0.4) is 0 Å². The van der Waals surface area contributed by atoms with E-state index in [0.29, 0.717) is 25.9 Å². The lowest BCUT2D eigenvalue weighted by atomic mass is 10.0. The molecule has 0 aliphatic rings. The summed E-state index contributed by atoms with van der Waals surface area (Å²) in [5.74, 6) is -0.0206. The first kappa shape index (κ1) is 75.3. The van der Waals surface area contributed by atoms with Gasteiger partial charge < -0.3 is 20.3 Å². The van der Waals surface area contributed by atoms with Crippen molar-refractivity contribution in [3.63, 3.8) is 0 Å². The van der Waals surface area contributed by atoms with Gasteiger partial charge in [-0.25, -0.2) is 0 Å². The monoisotopic (exact) mass is 1080 g/mol. The molecule has 0 bridgehead atoms. The Morgan fingerprint density at radius 3 is 0.987 bits per heavy atom. The molecule has 0 saturated heterocycles. The fourth-order valence-electron chi connectivity index (χ4n) is 11.1. The Morgan fingerprint density at radius 2 is 0.649 bits per heavy atom. The molecule has 456 valence electrons. The summed E-state index contributed by atoms with van der Waals surface area (Å²) >= 11 is 0. The maximum Gasteiger partial charge on any atom is 0.305 e. The van der Waals surface area contributed by atoms with Crippen molar-refractivity contribution < 1.29 is 24.5 Å². The van der Waals surface area contributed by atoms with Crippen LogP contribution in [-0.2, 0) is 14.3 Å². The maximum atomic E-state index is 12.5. The van der Waals surface area contributed by atoms with E-state index in [9.17, 15) is 19.8 Å². The lowest BCUT2D eigenvalue weighted by Crippen LogP contribution is -2.45. The molecule has 0 radical (unpaired) electrons. The van der Waals surface area contributed by atoms with Gasteiger partial charge in [0.1, 0.15) is 0 Å². The predicted molar refractivity (Wildman–Crippen MR) is 338 cm³/mol. The molecule has 2 unspecified atom stereocenters. The Morgan fingerprint density at radius 1 is 0.364 bits per heavy atom. The summed E-state index contributed by atoms with van der Waals surface area (Å²) in [4.78, 5) is 24.6. The standard InChI is InChI=1S/C71H137NO5/c1-3-5-7-9-11-13-15-17-19-20-30-33-36-39-43-47-51-55-59-63-69(74)68(67-73)72-70(75)64-60-56-52-48-44-40-37-34-31-28-26-24-22-21-23-25-27-29-32-35-38-42-46-50-54-58-62-66-77-71(76)65-61-57-53-49-45-41-18-16-14-12-10-8-6-4-2/h21-22,25,27,68-69,73-74H,3-20,23-24,26,28-67H2,1-2H3,(H,72,75)/b22-21-,27-25-. The second-order valence-corrected chi connectivity index (χ2v) is 24.2. The molecule has 0 aromatic heterocycles. The molecule has 6 nitrogen and oxygen atoms in total. The zero-order valence-electron chi connectivity index (χ0n) is 52.2. The molecular formula is C71H137NO5. The molecule has 77 heavy (non-hydrogen) atoms. The van der Waals surface area contributed by atoms with E-state index in [2.05, 4.69) is 43.5 Å². The van der Waals surface area contributed by atoms with Gasteiger partial charge in [0, 0.05) is 12.8 Å². The number of aliphatic hydroxyl groups is 2. The number of carbonyl (C=O) groups excluding carboxylic acids is 2. The molecule has 0 heterocycles. The van der Waals surface area contributed by atoms with Crippen LogP contribution >= 0.6 is 0 Å². The van der Waals surface area contributed by atoms with Gasteiger partial charge in [-0.05, 0) is 57.8 Å². The topological polar surface area (TPSA) is 95.9 Å². The molecule has 1 amide bonds. The number of allylic oxidation sites excluding steroid dienone is 4. The molecule has 0 saturated carbocycles. The summed E-state index contributed by atoms with van der Waals surface area (Å²) < 4.78 is 5.49. The summed E-state index contributed by atoms with van der Waals surface area (Å²) in [5, 5.41) is 23.4. The normalized spacial score (nSPS) is 12.6. The third-order valence-corrected chi connectivity index (χ3v) is 16.5. The first-order chi connectivity index (χ1) is 38.0. The van der Waals surface area contributed by atoms with E-state index in [0.717, 1.165) is 44.9 Å². The van der Waals surface area contributed by atoms with Crippen molar-refractivity contribution in [3.05, 3.63) is 24.3 Å². The number of carbonyl (C=O) groups is 2. The van der Waals surface area contributed by atoms with Crippen LogP contribution in [0.2, 0.25) is 0 Å². The summed E-state index contributed by atoms with van der Waals surface area (Å²) in [6.07, 6.45) is 83.6. The smallest absolute Gasteiger partial charge is 0.305 e. The van der Waals surface area contributed by atoms with Crippen LogP contribution in [0.1, 0.15) is 393 Å². The number of unbranched alkanes of at least 4 members (excludes halogenated alkanes) is 51. The van der Waals surface area contributed by atoms with Crippen molar-refractivity contribution in [2.45, 2.75) is 405 Å². The number of ether oxygens (including phenoxy) is 1. The SMILES string of the molecule is CCCCCCCCCCCCCCCCCCCCCC(O)C(CO)NC(=O)CCCCCCCCCCCCC/C=C\C/C=C\CCCCCCCCCCCOC(=O)CCCCCCCCCCCCCCCC. The van der Waals surface area contributed by atoms with Crippen molar-refractivity contribution in [1.82, 2.24) is 5.32 Å². The number of aliphatic hydroxyl groups excluding tert-OH is 2. The van der Waals surface area contributed by atoms with Crippen molar-refractivity contribution in [1.29, 1.82) is 0 Å². The summed E-state index contributed by atoms with van der Waals surface area (Å²) in [5.41, 5.74) is 0. The molecule has 0 spiro atoms. The lowest BCUT2D eigenvalue weighted by molar-refractivity contribution is -0.143. The van der Waals surface area contributed by atoms with E-state index in [4.69, 9.17) is 4.74 Å². The zero-order chi connectivity index (χ0) is 55.7. The molecule has 0 aliphatic heterocycles. The number of hydrogen-bond acceptors (Lipinski definition) is 5. The van der Waals surface area contributed by atoms with Gasteiger partial charge in [0.25, 0.3) is 0 Å². The summed E-state index contributed by atoms with van der Waals surface area (Å²) in [6.45, 7) is 4.99. The van der Waals surface area contributed by atoms with Gasteiger partial charge in [-0.3, -0.25) is 9.59 Å². The molecule has 0 fully saturated rings. The zero-order valence-corrected chi connectivity index (χ0v) is 52.2. The summed E-state index contributed by atoms with van der Waals surface area (Å²) in [7, 11) is 0. The molecule has 3 N–H and O–H groups in total. The van der Waals surface area contributed by atoms with Gasteiger partial charge in [0.2, 0.25) is 5.91 Å². The van der Waals surface area contributed by atoms with E-state index in [1.54, 1.807) is 0 Å². The number of esters is 1. The highest BCUT2D eigenvalue weighted by Gasteiger charge is 2.20. The number of amides is 1. The largest absolute Gasteiger partial charge is 0.466 e. The first-order valence-electron chi connectivity index (χ1n) is 35.1. The van der Waals surface area contributed by atoms with Gasteiger partial charge in [-0.2, -0.15) is 0 Å². The minimum atomic E-state index is -0.667. The Hall–Kier alpha value is -1.66. The third-order valence-electron chi connectivity index (χ3n) is 16.5. The van der Waals surface area contributed by atoms with Crippen LogP contribution in [0.5, 0.6) is 0 Å². The average molecular weight is 1080 g/mol. The third kappa shape index (κ3) is 63.4. The van der Waals surface area contributed by atoms with E-state index in [1.807, 2.05) is 0 Å². The van der Waals surface area contributed by atoms with E-state index in [1.165, 1.54) is 315 Å². The minimum Gasteiger partial charge on any atom is -0.466 e. The molecule has 0 aromatic rings. The number of rotatable bonds is 66. The quantitative estimate of drug-likeness (QED) is 0.0320. The Kier molecular flexibility index (Phi) is 65.4. The molecule has 2 atom stereocenters. The highest BCUT2D eigenvalue weighted by Crippen LogP contribution is 2.19. The van der Waals surface area contributed by atoms with E-state index >= 15 is 0 Å². The number of hydrogen-bond donors (Lipinski definition) is 3. The minimum absolute atomic E-state index is 0.0137. The van der Waals surface area contributed by atoms with Crippen LogP contribution in [0.4, 0.5) is 0 Å². The van der Waals surface area contributed by atoms with Crippen molar-refractivity contribution >= 4 is 11.9 Å². The van der Waals surface area contributed by atoms with Crippen molar-refractivity contribution in [2.75, 3.05) is 13.2 Å². The lowest BCUT2D eigenvalue weighted by Gasteiger charge is -2.22. The molecule has 0 aromatic carbocycles. The van der Waals surface area contributed by atoms with Crippen molar-refractivity contribution in [2.24, 2.45) is 0 Å². The number of nitrogens with one attached hydrogen (secondary N) is 1. The molecule has 0 rings (SSSR count). The fourth-order valence-corrected chi connectivity index (χ4v) is 11.1. The van der Waals surface area contributed by atoms with Gasteiger partial charge in [0.15, 0.2) is 0 Å². The molecule has 6 heteroatoms. The fraction of sp³-hybridized carbons (Fsp3) is 0.915. The van der Waals surface area contributed by atoms with Crippen LogP contribution in [0, 0.1) is 0 Å². The van der Waals surface area contributed by atoms with Crippen molar-refractivity contribution in [3.8, 4) is 0 Å². The highest BCUT2D eigenvalue weighted by atomic mass is 16.5. The first-order valence-corrected chi connectivity index (χ1v) is 35.1. The second kappa shape index (κ2) is 66.8. The average Bonchev–Trinajstić information content (AvgIpc) is 3.43. The Bertz CT molecular complexity index is 1200. The van der Waals surface area contributed by atoms with Crippen LogP contribution in [-0.4, -0.2) is 47.4 Å². The molecule has 0 aliphatic carbocycles.